The molecule has 34 heavy (non-hydrogen) atoms. The van der Waals surface area contributed by atoms with Crippen molar-refractivity contribution < 1.29 is 18.8 Å². The quantitative estimate of drug-likeness (QED) is 0.421. The maximum atomic E-state index is 14.6. The Kier molecular flexibility index (Phi) is 4.64. The number of ketones is 1. The van der Waals surface area contributed by atoms with Gasteiger partial charge in [-0.25, -0.2) is 9.29 Å². The van der Waals surface area contributed by atoms with Gasteiger partial charge in [0.1, 0.15) is 11.9 Å². The number of carbonyl (C=O) groups is 3. The molecule has 3 aromatic rings. The minimum atomic E-state index is -1.02. The Balaban J connectivity index is 1.51. The summed E-state index contributed by atoms with van der Waals surface area (Å²) >= 11 is 5.99. The molecule has 2 amide bonds. The van der Waals surface area contributed by atoms with E-state index >= 15 is 0 Å². The molecule has 0 aliphatic carbocycles. The monoisotopic (exact) mass is 473 g/mol. The molecule has 0 aromatic heterocycles. The van der Waals surface area contributed by atoms with Gasteiger partial charge in [0.25, 0.3) is 0 Å². The smallest absolute Gasteiger partial charge is 0.240 e. The van der Waals surface area contributed by atoms with E-state index in [1.807, 2.05) is 24.3 Å². The summed E-state index contributed by atoms with van der Waals surface area (Å²) in [5.41, 5.74) is 1.86. The zero-order chi connectivity index (χ0) is 23.6. The van der Waals surface area contributed by atoms with Gasteiger partial charge in [0, 0.05) is 10.6 Å². The molecule has 0 saturated carbocycles. The number of para-hydroxylation sites is 1. The van der Waals surface area contributed by atoms with Gasteiger partial charge in [-0.2, -0.15) is 5.10 Å². The molecule has 6 rings (SSSR count). The topological polar surface area (TPSA) is 70.0 Å². The van der Waals surface area contributed by atoms with E-state index in [9.17, 15) is 18.8 Å². The van der Waals surface area contributed by atoms with Crippen molar-refractivity contribution in [3.63, 3.8) is 0 Å². The van der Waals surface area contributed by atoms with Crippen LogP contribution in [0, 0.1) is 17.7 Å². The maximum absolute atomic E-state index is 14.6. The highest BCUT2D eigenvalue weighted by Crippen LogP contribution is 2.53. The lowest BCUT2D eigenvalue weighted by molar-refractivity contribution is -0.124. The number of carbonyl (C=O) groups excluding carboxylic acids is 3. The predicted molar refractivity (Wildman–Crippen MR) is 124 cm³/mol. The molecule has 8 heteroatoms. The predicted octanol–water partition coefficient (Wildman–Crippen LogP) is 4.24. The van der Waals surface area contributed by atoms with Gasteiger partial charge in [0.15, 0.2) is 5.78 Å². The Bertz CT molecular complexity index is 1390. The van der Waals surface area contributed by atoms with Crippen LogP contribution in [0.4, 0.5) is 10.1 Å². The first kappa shape index (κ1) is 20.7. The number of benzene rings is 3. The third-order valence-electron chi connectivity index (χ3n) is 6.78. The lowest BCUT2D eigenvalue weighted by Gasteiger charge is -2.33. The molecule has 0 radical (unpaired) electrons. The molecule has 2 fully saturated rings. The van der Waals surface area contributed by atoms with Crippen LogP contribution < -0.4 is 4.90 Å². The average molecular weight is 474 g/mol. The van der Waals surface area contributed by atoms with Gasteiger partial charge in [-0.15, -0.1) is 0 Å². The van der Waals surface area contributed by atoms with Crippen molar-refractivity contribution in [2.75, 3.05) is 4.90 Å². The van der Waals surface area contributed by atoms with Crippen molar-refractivity contribution >= 4 is 41.1 Å². The number of Topliss-reactive ketones (excluding diaryl/α,β-unsaturated/α-hetero) is 1. The van der Waals surface area contributed by atoms with Crippen LogP contribution in [0.1, 0.15) is 27.5 Å². The van der Waals surface area contributed by atoms with E-state index in [-0.39, 0.29) is 11.5 Å². The Morgan fingerprint density at radius 3 is 2.32 bits per heavy atom. The minimum Gasteiger partial charge on any atom is -0.292 e. The second kappa shape index (κ2) is 7.60. The van der Waals surface area contributed by atoms with Crippen LogP contribution in [-0.4, -0.2) is 34.9 Å². The fourth-order valence-electron chi connectivity index (χ4n) is 5.32. The van der Waals surface area contributed by atoms with Crippen molar-refractivity contribution in [2.24, 2.45) is 16.9 Å². The van der Waals surface area contributed by atoms with Crippen molar-refractivity contribution in [1.29, 1.82) is 0 Å². The van der Waals surface area contributed by atoms with E-state index in [0.717, 1.165) is 16.0 Å². The number of halogens is 2. The lowest BCUT2D eigenvalue weighted by Crippen LogP contribution is -2.44. The molecule has 0 spiro atoms. The molecule has 2 saturated heterocycles. The molecule has 3 heterocycles. The minimum absolute atomic E-state index is 0.108. The maximum Gasteiger partial charge on any atom is 0.240 e. The van der Waals surface area contributed by atoms with Gasteiger partial charge in [-0.3, -0.25) is 19.4 Å². The molecule has 0 unspecified atom stereocenters. The molecule has 4 atom stereocenters. The van der Waals surface area contributed by atoms with Crippen LogP contribution in [0.2, 0.25) is 5.02 Å². The molecule has 0 bridgehead atoms. The fourth-order valence-corrected chi connectivity index (χ4v) is 5.45. The normalized spacial score (nSPS) is 24.8. The van der Waals surface area contributed by atoms with Crippen LogP contribution in [0.25, 0.3) is 0 Å². The fraction of sp³-hybridized carbons (Fsp3) is 0.154. The summed E-state index contributed by atoms with van der Waals surface area (Å²) in [6.07, 6.45) is 1.64. The molecule has 168 valence electrons. The van der Waals surface area contributed by atoms with Crippen LogP contribution >= 0.6 is 11.6 Å². The highest BCUT2D eigenvalue weighted by Gasteiger charge is 2.65. The molecular weight excluding hydrogens is 457 g/mol. The summed E-state index contributed by atoms with van der Waals surface area (Å²) in [6.45, 7) is 0. The standard InChI is InChI=1S/C26H17ClFN3O3/c27-16-11-9-14(10-12-16)24(32)23-21-20(22-17-6-2-1-5-15(17)13-29-31(22)23)25(33)30(26(21)34)19-8-4-3-7-18(19)28/h1-13,20-23H/t20-,21-,22-,23+/m1/s1. The highest BCUT2D eigenvalue weighted by molar-refractivity contribution is 6.30. The van der Waals surface area contributed by atoms with Gasteiger partial charge in [-0.1, -0.05) is 48.0 Å². The van der Waals surface area contributed by atoms with Gasteiger partial charge in [-0.05, 0) is 47.5 Å². The zero-order valence-electron chi connectivity index (χ0n) is 17.6. The van der Waals surface area contributed by atoms with Crippen molar-refractivity contribution in [3.8, 4) is 0 Å². The number of anilines is 1. The van der Waals surface area contributed by atoms with E-state index in [1.54, 1.807) is 41.6 Å². The van der Waals surface area contributed by atoms with Crippen LogP contribution in [0.15, 0.2) is 77.9 Å². The van der Waals surface area contributed by atoms with Crippen LogP contribution in [-0.2, 0) is 9.59 Å². The average Bonchev–Trinajstić information content (AvgIpc) is 3.32. The number of nitrogens with zero attached hydrogens (tertiary/aromatic N) is 3. The van der Waals surface area contributed by atoms with Crippen LogP contribution in [0.5, 0.6) is 0 Å². The summed E-state index contributed by atoms with van der Waals surface area (Å²) in [6, 6.07) is 17.8. The summed E-state index contributed by atoms with van der Waals surface area (Å²) in [7, 11) is 0. The molecule has 0 N–H and O–H groups in total. The highest BCUT2D eigenvalue weighted by atomic mass is 35.5. The number of imide groups is 1. The summed E-state index contributed by atoms with van der Waals surface area (Å²) in [5, 5.41) is 6.56. The second-order valence-electron chi connectivity index (χ2n) is 8.53. The third-order valence-corrected chi connectivity index (χ3v) is 7.04. The molecule has 3 aliphatic rings. The largest absolute Gasteiger partial charge is 0.292 e. The summed E-state index contributed by atoms with van der Waals surface area (Å²) in [5.74, 6) is -4.05. The Labute approximate surface area is 199 Å². The number of rotatable bonds is 3. The zero-order valence-corrected chi connectivity index (χ0v) is 18.4. The van der Waals surface area contributed by atoms with E-state index in [1.165, 1.54) is 18.2 Å². The van der Waals surface area contributed by atoms with Gasteiger partial charge >= 0.3 is 0 Å². The molecule has 3 aromatic carbocycles. The summed E-state index contributed by atoms with van der Waals surface area (Å²) < 4.78 is 14.6. The van der Waals surface area contributed by atoms with E-state index in [2.05, 4.69) is 5.10 Å². The number of fused-ring (bicyclic) bond motifs is 5. The molecule has 3 aliphatic heterocycles. The number of amides is 2. The van der Waals surface area contributed by atoms with E-state index in [0.29, 0.717) is 10.6 Å². The van der Waals surface area contributed by atoms with Gasteiger partial charge in [0.2, 0.25) is 11.8 Å². The lowest BCUT2D eigenvalue weighted by atomic mass is 9.83. The first-order valence-electron chi connectivity index (χ1n) is 10.8. The first-order chi connectivity index (χ1) is 16.5. The van der Waals surface area contributed by atoms with Gasteiger partial charge in [0.05, 0.1) is 29.8 Å². The van der Waals surface area contributed by atoms with Crippen molar-refractivity contribution in [3.05, 3.63) is 100 Å². The number of hydrogen-bond donors (Lipinski definition) is 0. The summed E-state index contributed by atoms with van der Waals surface area (Å²) in [4.78, 5) is 42.0. The van der Waals surface area contributed by atoms with Crippen molar-refractivity contribution in [2.45, 2.75) is 12.1 Å². The Morgan fingerprint density at radius 2 is 1.56 bits per heavy atom. The molecule has 6 nitrogen and oxygen atoms in total. The third kappa shape index (κ3) is 2.86. The van der Waals surface area contributed by atoms with Crippen LogP contribution in [0.3, 0.4) is 0 Å². The van der Waals surface area contributed by atoms with Gasteiger partial charge < -0.3 is 0 Å². The Morgan fingerprint density at radius 1 is 0.882 bits per heavy atom. The second-order valence-corrected chi connectivity index (χ2v) is 8.97. The van der Waals surface area contributed by atoms with E-state index < -0.39 is 41.6 Å². The first-order valence-corrected chi connectivity index (χ1v) is 11.2. The Hall–Kier alpha value is -3.84. The van der Waals surface area contributed by atoms with E-state index in [4.69, 9.17) is 11.6 Å². The SMILES string of the molecule is O=C(c1ccc(Cl)cc1)[C@@H]1[C@@H]2C(=O)N(c3ccccc3F)C(=O)[C@H]2[C@H]2c3ccccc3C=NN12. The van der Waals surface area contributed by atoms with Crippen molar-refractivity contribution in [1.82, 2.24) is 5.01 Å². The number of hydrazone groups is 1. The number of hydrogen-bond acceptors (Lipinski definition) is 5. The molecular formula is C26H17ClFN3O3.